The van der Waals surface area contributed by atoms with E-state index in [0.717, 1.165) is 29.8 Å². The van der Waals surface area contributed by atoms with Crippen LogP contribution in [0.1, 0.15) is 60.0 Å². The van der Waals surface area contributed by atoms with E-state index in [0.29, 0.717) is 5.56 Å². The lowest BCUT2D eigenvalue weighted by molar-refractivity contribution is -0.145. The smallest absolute Gasteiger partial charge is 0.317 e. The van der Waals surface area contributed by atoms with Gasteiger partial charge in [-0.15, -0.1) is 0 Å². The molecule has 4 nitrogen and oxygen atoms in total. The molecule has 0 unspecified atom stereocenters. The first kappa shape index (κ1) is 17.5. The number of nitrogens with zero attached hydrogens (tertiary/aromatic N) is 1. The standard InChI is InChI=1S/C21H25NO3/c1-14(2)22-15(3)12-18(16(22)4)19(23)13-25-20(24)21(10-11-21)17-8-6-5-7-9-17/h5-9,12,14H,10-11,13H2,1-4H3. The average molecular weight is 339 g/mol. The molecule has 0 amide bonds. The quantitative estimate of drug-likeness (QED) is 0.587. The van der Waals surface area contributed by atoms with Gasteiger partial charge in [-0.1, -0.05) is 30.3 Å². The van der Waals surface area contributed by atoms with E-state index in [1.807, 2.05) is 50.2 Å². The van der Waals surface area contributed by atoms with Crippen molar-refractivity contribution in [3.63, 3.8) is 0 Å². The summed E-state index contributed by atoms with van der Waals surface area (Å²) in [5, 5.41) is 0. The fourth-order valence-electron chi connectivity index (χ4n) is 3.69. The van der Waals surface area contributed by atoms with Crippen LogP contribution in [-0.2, 0) is 14.9 Å². The average Bonchev–Trinajstić information content (AvgIpc) is 3.34. The molecule has 1 fully saturated rings. The molecule has 0 spiro atoms. The Morgan fingerprint density at radius 2 is 1.80 bits per heavy atom. The fraction of sp³-hybridized carbons (Fsp3) is 0.429. The molecule has 1 aliphatic rings. The number of carbonyl (C=O) groups excluding carboxylic acids is 2. The van der Waals surface area contributed by atoms with Gasteiger partial charge in [-0.3, -0.25) is 9.59 Å². The molecule has 0 atom stereocenters. The van der Waals surface area contributed by atoms with Gasteiger partial charge in [-0.05, 0) is 52.2 Å². The first-order valence-corrected chi connectivity index (χ1v) is 8.81. The van der Waals surface area contributed by atoms with Gasteiger partial charge in [-0.25, -0.2) is 0 Å². The Labute approximate surface area is 148 Å². The van der Waals surface area contributed by atoms with E-state index < -0.39 is 5.41 Å². The SMILES string of the molecule is Cc1cc(C(=O)COC(=O)C2(c3ccccc3)CC2)c(C)n1C(C)C. The lowest BCUT2D eigenvalue weighted by Crippen LogP contribution is -2.26. The van der Waals surface area contributed by atoms with Gasteiger partial charge < -0.3 is 9.30 Å². The van der Waals surface area contributed by atoms with Crippen molar-refractivity contribution in [2.24, 2.45) is 0 Å². The fourth-order valence-corrected chi connectivity index (χ4v) is 3.69. The van der Waals surface area contributed by atoms with Crippen LogP contribution >= 0.6 is 0 Å². The molecule has 1 aromatic carbocycles. The summed E-state index contributed by atoms with van der Waals surface area (Å²) >= 11 is 0. The normalized spacial score (nSPS) is 15.2. The molecule has 0 aliphatic heterocycles. The van der Waals surface area contributed by atoms with Gasteiger partial charge in [-0.2, -0.15) is 0 Å². The Morgan fingerprint density at radius 3 is 2.32 bits per heavy atom. The van der Waals surface area contributed by atoms with Crippen LogP contribution < -0.4 is 0 Å². The summed E-state index contributed by atoms with van der Waals surface area (Å²) in [6, 6.07) is 11.9. The van der Waals surface area contributed by atoms with Crippen LogP contribution in [0.25, 0.3) is 0 Å². The van der Waals surface area contributed by atoms with Gasteiger partial charge in [0.05, 0.1) is 5.41 Å². The van der Waals surface area contributed by atoms with Crippen LogP contribution in [0.2, 0.25) is 0 Å². The monoisotopic (exact) mass is 339 g/mol. The molecular formula is C21H25NO3. The number of rotatable bonds is 6. The summed E-state index contributed by atoms with van der Waals surface area (Å²) in [7, 11) is 0. The summed E-state index contributed by atoms with van der Waals surface area (Å²) in [6.45, 7) is 7.91. The molecule has 25 heavy (non-hydrogen) atoms. The Morgan fingerprint density at radius 1 is 1.16 bits per heavy atom. The summed E-state index contributed by atoms with van der Waals surface area (Å²) < 4.78 is 7.53. The van der Waals surface area contributed by atoms with Crippen molar-refractivity contribution >= 4 is 11.8 Å². The number of Topliss-reactive ketones (excluding diaryl/α,β-unsaturated/α-hetero) is 1. The Balaban J connectivity index is 1.69. The number of benzene rings is 1. The van der Waals surface area contributed by atoms with E-state index in [4.69, 9.17) is 4.74 Å². The molecule has 0 radical (unpaired) electrons. The second-order valence-electron chi connectivity index (χ2n) is 7.20. The molecule has 1 heterocycles. The van der Waals surface area contributed by atoms with E-state index in [9.17, 15) is 9.59 Å². The highest BCUT2D eigenvalue weighted by Crippen LogP contribution is 2.49. The Bertz CT molecular complexity index is 798. The minimum Gasteiger partial charge on any atom is -0.457 e. The molecule has 4 heteroatoms. The molecule has 0 saturated heterocycles. The van der Waals surface area contributed by atoms with Crippen molar-refractivity contribution < 1.29 is 14.3 Å². The van der Waals surface area contributed by atoms with Gasteiger partial charge in [0.15, 0.2) is 6.61 Å². The largest absolute Gasteiger partial charge is 0.457 e. The molecule has 0 bridgehead atoms. The third-order valence-corrected chi connectivity index (χ3v) is 5.10. The maximum atomic E-state index is 12.6. The van der Waals surface area contributed by atoms with Crippen LogP contribution in [0.15, 0.2) is 36.4 Å². The van der Waals surface area contributed by atoms with Crippen molar-refractivity contribution in [1.82, 2.24) is 4.57 Å². The third-order valence-electron chi connectivity index (χ3n) is 5.10. The maximum absolute atomic E-state index is 12.6. The number of hydrogen-bond donors (Lipinski definition) is 0. The van der Waals surface area contributed by atoms with Crippen LogP contribution in [0.4, 0.5) is 0 Å². The zero-order chi connectivity index (χ0) is 18.2. The molecule has 132 valence electrons. The summed E-state index contributed by atoms with van der Waals surface area (Å²) in [4.78, 5) is 25.1. The van der Waals surface area contributed by atoms with Crippen LogP contribution in [0, 0.1) is 13.8 Å². The zero-order valence-electron chi connectivity index (χ0n) is 15.3. The molecule has 1 aliphatic carbocycles. The van der Waals surface area contributed by atoms with Crippen molar-refractivity contribution in [1.29, 1.82) is 0 Å². The second kappa shape index (κ2) is 6.51. The van der Waals surface area contributed by atoms with Crippen molar-refractivity contribution in [2.75, 3.05) is 6.61 Å². The van der Waals surface area contributed by atoms with Gasteiger partial charge in [0.2, 0.25) is 5.78 Å². The number of esters is 1. The van der Waals surface area contributed by atoms with Crippen molar-refractivity contribution in [2.45, 2.75) is 52.0 Å². The predicted octanol–water partition coefficient (Wildman–Crippen LogP) is 4.14. The van der Waals surface area contributed by atoms with Gasteiger partial charge in [0.25, 0.3) is 0 Å². The molecule has 1 saturated carbocycles. The highest BCUT2D eigenvalue weighted by atomic mass is 16.5. The summed E-state index contributed by atoms with van der Waals surface area (Å²) in [5.74, 6) is -0.429. The van der Waals surface area contributed by atoms with Crippen LogP contribution in [-0.4, -0.2) is 22.9 Å². The lowest BCUT2D eigenvalue weighted by atomic mass is 9.96. The first-order chi connectivity index (χ1) is 11.9. The molecule has 2 aromatic rings. The van der Waals surface area contributed by atoms with E-state index >= 15 is 0 Å². The summed E-state index contributed by atoms with van der Waals surface area (Å²) in [5.41, 5.74) is 3.05. The molecule has 0 N–H and O–H groups in total. The van der Waals surface area contributed by atoms with Gasteiger partial charge in [0.1, 0.15) is 0 Å². The Hall–Kier alpha value is -2.36. The maximum Gasteiger partial charge on any atom is 0.317 e. The number of aromatic nitrogens is 1. The van der Waals surface area contributed by atoms with Crippen LogP contribution in [0.5, 0.6) is 0 Å². The van der Waals surface area contributed by atoms with Gasteiger partial charge >= 0.3 is 5.97 Å². The minimum absolute atomic E-state index is 0.141. The van der Waals surface area contributed by atoms with Gasteiger partial charge in [0, 0.05) is 23.0 Å². The third kappa shape index (κ3) is 3.13. The van der Waals surface area contributed by atoms with E-state index in [1.54, 1.807) is 0 Å². The molecular weight excluding hydrogens is 314 g/mol. The van der Waals surface area contributed by atoms with Crippen molar-refractivity contribution in [3.05, 3.63) is 58.9 Å². The zero-order valence-corrected chi connectivity index (χ0v) is 15.3. The lowest BCUT2D eigenvalue weighted by Gasteiger charge is -2.15. The van der Waals surface area contributed by atoms with E-state index in [1.165, 1.54) is 0 Å². The van der Waals surface area contributed by atoms with E-state index in [2.05, 4.69) is 18.4 Å². The number of carbonyl (C=O) groups is 2. The number of aryl methyl sites for hydroxylation is 1. The Kier molecular flexibility index (Phi) is 4.55. The van der Waals surface area contributed by atoms with E-state index in [-0.39, 0.29) is 24.4 Å². The number of ether oxygens (including phenoxy) is 1. The summed E-state index contributed by atoms with van der Waals surface area (Å²) in [6.07, 6.45) is 1.57. The minimum atomic E-state index is -0.545. The van der Waals surface area contributed by atoms with Crippen molar-refractivity contribution in [3.8, 4) is 0 Å². The number of ketones is 1. The van der Waals surface area contributed by atoms with Crippen LogP contribution in [0.3, 0.4) is 0 Å². The highest BCUT2D eigenvalue weighted by molar-refractivity contribution is 6.00. The molecule has 1 aromatic heterocycles. The first-order valence-electron chi connectivity index (χ1n) is 8.81. The highest BCUT2D eigenvalue weighted by Gasteiger charge is 2.52. The predicted molar refractivity (Wildman–Crippen MR) is 96.9 cm³/mol. The number of hydrogen-bond acceptors (Lipinski definition) is 3. The topological polar surface area (TPSA) is 48.3 Å². The molecule has 3 rings (SSSR count). The second-order valence-corrected chi connectivity index (χ2v) is 7.20.